The van der Waals surface area contributed by atoms with Crippen LogP contribution >= 0.6 is 24.0 Å². The van der Waals surface area contributed by atoms with E-state index >= 15 is 0 Å². The third-order valence-corrected chi connectivity index (χ3v) is 4.57. The Morgan fingerprint density at radius 1 is 1.18 bits per heavy atom. The van der Waals surface area contributed by atoms with Gasteiger partial charge in [0, 0.05) is 37.7 Å². The summed E-state index contributed by atoms with van der Waals surface area (Å²) in [6, 6.07) is 9.87. The average Bonchev–Trinajstić information content (AvgIpc) is 2.61. The van der Waals surface area contributed by atoms with E-state index in [0.29, 0.717) is 30.2 Å². The SMILES string of the molecule is CCNC(=NCc1cc(F)ccc1CS(C)(=O)=O)NCCc1ccccn1.I. The summed E-state index contributed by atoms with van der Waals surface area (Å²) >= 11 is 0. The summed E-state index contributed by atoms with van der Waals surface area (Å²) < 4.78 is 36.8. The lowest BCUT2D eigenvalue weighted by Crippen LogP contribution is -2.38. The molecule has 0 radical (unpaired) electrons. The first-order chi connectivity index (χ1) is 12.9. The minimum absolute atomic E-state index is 0. The summed E-state index contributed by atoms with van der Waals surface area (Å²) in [7, 11) is -3.22. The van der Waals surface area contributed by atoms with E-state index < -0.39 is 15.7 Å². The number of aliphatic imine (C=N–C) groups is 1. The lowest BCUT2D eigenvalue weighted by Gasteiger charge is -2.12. The monoisotopic (exact) mass is 520 g/mol. The number of halogens is 2. The summed E-state index contributed by atoms with van der Waals surface area (Å²) in [4.78, 5) is 8.73. The number of pyridine rings is 1. The van der Waals surface area contributed by atoms with Crippen LogP contribution in [0.15, 0.2) is 47.6 Å². The first-order valence-electron chi connectivity index (χ1n) is 8.74. The molecule has 0 amide bonds. The van der Waals surface area contributed by atoms with Gasteiger partial charge in [0.25, 0.3) is 0 Å². The van der Waals surface area contributed by atoms with Crippen LogP contribution in [0, 0.1) is 5.82 Å². The Balaban J connectivity index is 0.00000392. The molecule has 154 valence electrons. The van der Waals surface area contributed by atoms with Crippen LogP contribution in [0.4, 0.5) is 4.39 Å². The number of hydrogen-bond donors (Lipinski definition) is 2. The molecule has 0 bridgehead atoms. The van der Waals surface area contributed by atoms with E-state index in [-0.39, 0.29) is 36.3 Å². The zero-order chi connectivity index (χ0) is 19.7. The van der Waals surface area contributed by atoms with Gasteiger partial charge in [0.15, 0.2) is 15.8 Å². The summed E-state index contributed by atoms with van der Waals surface area (Å²) in [5.41, 5.74) is 2.09. The van der Waals surface area contributed by atoms with Crippen molar-refractivity contribution in [1.29, 1.82) is 0 Å². The number of benzene rings is 1. The predicted molar refractivity (Wildman–Crippen MR) is 121 cm³/mol. The number of nitrogens with one attached hydrogen (secondary N) is 2. The van der Waals surface area contributed by atoms with Gasteiger partial charge in [-0.05, 0) is 42.3 Å². The highest BCUT2D eigenvalue weighted by atomic mass is 127. The van der Waals surface area contributed by atoms with Crippen molar-refractivity contribution in [2.75, 3.05) is 19.3 Å². The van der Waals surface area contributed by atoms with Crippen LogP contribution in [-0.2, 0) is 28.6 Å². The summed E-state index contributed by atoms with van der Waals surface area (Å²) in [5, 5.41) is 6.34. The third kappa shape index (κ3) is 8.96. The fourth-order valence-electron chi connectivity index (χ4n) is 2.53. The van der Waals surface area contributed by atoms with Gasteiger partial charge in [-0.1, -0.05) is 12.1 Å². The van der Waals surface area contributed by atoms with Crippen molar-refractivity contribution < 1.29 is 12.8 Å². The van der Waals surface area contributed by atoms with Gasteiger partial charge in [0.1, 0.15) is 5.82 Å². The Labute approximate surface area is 183 Å². The van der Waals surface area contributed by atoms with E-state index in [9.17, 15) is 12.8 Å². The highest BCUT2D eigenvalue weighted by molar-refractivity contribution is 14.0. The highest BCUT2D eigenvalue weighted by Gasteiger charge is 2.10. The van der Waals surface area contributed by atoms with Crippen LogP contribution in [0.3, 0.4) is 0 Å². The molecule has 2 N–H and O–H groups in total. The Hall–Kier alpha value is -1.75. The van der Waals surface area contributed by atoms with E-state index in [0.717, 1.165) is 18.4 Å². The van der Waals surface area contributed by atoms with Crippen molar-refractivity contribution in [1.82, 2.24) is 15.6 Å². The fraction of sp³-hybridized carbons (Fsp3) is 0.368. The topological polar surface area (TPSA) is 83.5 Å². The summed E-state index contributed by atoms with van der Waals surface area (Å²) in [6.07, 6.45) is 3.65. The molecule has 0 saturated carbocycles. The molecule has 1 aromatic heterocycles. The molecule has 28 heavy (non-hydrogen) atoms. The molecule has 2 aromatic rings. The van der Waals surface area contributed by atoms with Gasteiger partial charge >= 0.3 is 0 Å². The molecule has 0 aliphatic rings. The third-order valence-electron chi connectivity index (χ3n) is 3.74. The quantitative estimate of drug-likeness (QED) is 0.318. The van der Waals surface area contributed by atoms with Gasteiger partial charge in [0.2, 0.25) is 0 Å². The lowest BCUT2D eigenvalue weighted by atomic mass is 10.1. The van der Waals surface area contributed by atoms with E-state index in [1.807, 2.05) is 25.1 Å². The van der Waals surface area contributed by atoms with Gasteiger partial charge in [-0.25, -0.2) is 17.8 Å². The maximum absolute atomic E-state index is 13.6. The number of nitrogens with zero attached hydrogens (tertiary/aromatic N) is 2. The standard InChI is InChI=1S/C19H25FN4O2S.HI/c1-3-21-19(23-11-9-18-6-4-5-10-22-18)24-13-16-12-17(20)8-7-15(16)14-27(2,25)26;/h4-8,10,12H,3,9,11,13-14H2,1-2H3,(H2,21,23,24);1H. The minimum atomic E-state index is -3.22. The van der Waals surface area contributed by atoms with Gasteiger partial charge in [-0.3, -0.25) is 4.98 Å². The minimum Gasteiger partial charge on any atom is -0.357 e. The van der Waals surface area contributed by atoms with Crippen molar-refractivity contribution in [2.24, 2.45) is 4.99 Å². The van der Waals surface area contributed by atoms with E-state index in [4.69, 9.17) is 0 Å². The molecule has 0 spiro atoms. The number of aromatic nitrogens is 1. The average molecular weight is 520 g/mol. The Morgan fingerprint density at radius 3 is 2.61 bits per heavy atom. The zero-order valence-electron chi connectivity index (χ0n) is 16.0. The molecule has 0 unspecified atom stereocenters. The lowest BCUT2D eigenvalue weighted by molar-refractivity contribution is 0.600. The van der Waals surface area contributed by atoms with Crippen LogP contribution in [0.2, 0.25) is 0 Å². The van der Waals surface area contributed by atoms with E-state index in [2.05, 4.69) is 20.6 Å². The van der Waals surface area contributed by atoms with Gasteiger partial charge in [-0.15, -0.1) is 24.0 Å². The Morgan fingerprint density at radius 2 is 1.96 bits per heavy atom. The van der Waals surface area contributed by atoms with Crippen LogP contribution < -0.4 is 10.6 Å². The van der Waals surface area contributed by atoms with Crippen molar-refractivity contribution in [3.05, 3.63) is 65.2 Å². The number of rotatable bonds is 8. The first-order valence-corrected chi connectivity index (χ1v) is 10.8. The molecule has 2 rings (SSSR count). The first kappa shape index (κ1) is 24.3. The smallest absolute Gasteiger partial charge is 0.191 e. The predicted octanol–water partition coefficient (Wildman–Crippen LogP) is 2.68. The van der Waals surface area contributed by atoms with Crippen LogP contribution in [0.1, 0.15) is 23.7 Å². The van der Waals surface area contributed by atoms with E-state index in [1.165, 1.54) is 18.2 Å². The van der Waals surface area contributed by atoms with Gasteiger partial charge in [-0.2, -0.15) is 0 Å². The van der Waals surface area contributed by atoms with Gasteiger partial charge in [0.05, 0.1) is 12.3 Å². The van der Waals surface area contributed by atoms with Crippen LogP contribution in [-0.4, -0.2) is 38.7 Å². The second-order valence-corrected chi connectivity index (χ2v) is 8.32. The molecule has 6 nitrogen and oxygen atoms in total. The fourth-order valence-corrected chi connectivity index (χ4v) is 3.37. The van der Waals surface area contributed by atoms with Crippen LogP contribution in [0.5, 0.6) is 0 Å². The second-order valence-electron chi connectivity index (χ2n) is 6.18. The number of hydrogen-bond acceptors (Lipinski definition) is 4. The molecule has 1 aromatic carbocycles. The molecule has 0 aliphatic heterocycles. The molecule has 0 fully saturated rings. The molecule has 9 heteroatoms. The maximum Gasteiger partial charge on any atom is 0.191 e. The summed E-state index contributed by atoms with van der Waals surface area (Å²) in [6.45, 7) is 3.45. The number of sulfone groups is 1. The van der Waals surface area contributed by atoms with Crippen molar-refractivity contribution in [3.63, 3.8) is 0 Å². The largest absolute Gasteiger partial charge is 0.357 e. The van der Waals surface area contributed by atoms with E-state index in [1.54, 1.807) is 6.20 Å². The van der Waals surface area contributed by atoms with Crippen molar-refractivity contribution >= 4 is 39.8 Å². The normalized spacial score (nSPS) is 11.6. The van der Waals surface area contributed by atoms with Crippen molar-refractivity contribution in [3.8, 4) is 0 Å². The summed E-state index contributed by atoms with van der Waals surface area (Å²) in [5.74, 6) is 0.0375. The van der Waals surface area contributed by atoms with Crippen molar-refractivity contribution in [2.45, 2.75) is 25.6 Å². The molecule has 0 atom stereocenters. The molecule has 0 aliphatic carbocycles. The van der Waals surface area contributed by atoms with Crippen LogP contribution in [0.25, 0.3) is 0 Å². The Bertz CT molecular complexity index is 877. The maximum atomic E-state index is 13.6. The highest BCUT2D eigenvalue weighted by Crippen LogP contribution is 2.15. The molecule has 0 saturated heterocycles. The Kier molecular flexibility index (Phi) is 10.4. The van der Waals surface area contributed by atoms with Gasteiger partial charge < -0.3 is 10.6 Å². The second kappa shape index (κ2) is 11.9. The molecule has 1 heterocycles. The molecular weight excluding hydrogens is 494 g/mol. The zero-order valence-corrected chi connectivity index (χ0v) is 19.1. The number of guanidine groups is 1. The molecular formula is C19H26FIN4O2S.